The van der Waals surface area contributed by atoms with Crippen LogP contribution in [0, 0.1) is 13.8 Å². The average Bonchev–Trinajstić information content (AvgIpc) is 3.07. The molecule has 3 amide bonds. The van der Waals surface area contributed by atoms with Crippen LogP contribution in [0.15, 0.2) is 77.5 Å². The number of amides is 3. The topological polar surface area (TPSA) is 116 Å². The monoisotopic (exact) mass is 503 g/mol. The molecule has 0 fully saturated rings. The minimum Gasteiger partial charge on any atom is -0.478 e. The lowest BCUT2D eigenvalue weighted by Gasteiger charge is -2.16. The molecule has 3 N–H and O–H groups in total. The number of carbonyl (C=O) groups is 4. The van der Waals surface area contributed by atoms with Crippen molar-refractivity contribution in [3.05, 3.63) is 105 Å². The fourth-order valence-electron chi connectivity index (χ4n) is 3.62. The van der Waals surface area contributed by atoms with E-state index in [-0.39, 0.29) is 28.7 Å². The minimum absolute atomic E-state index is 0.0681. The van der Waals surface area contributed by atoms with Gasteiger partial charge in [-0.25, -0.2) is 9.69 Å². The summed E-state index contributed by atoms with van der Waals surface area (Å²) in [7, 11) is 0. The Morgan fingerprint density at radius 3 is 2.17 bits per heavy atom. The van der Waals surface area contributed by atoms with Crippen LogP contribution in [0.3, 0.4) is 0 Å². The molecule has 0 radical (unpaired) electrons. The Kier molecular flexibility index (Phi) is 6.89. The first kappa shape index (κ1) is 24.7. The van der Waals surface area contributed by atoms with E-state index < -0.39 is 17.8 Å². The second-order valence-electron chi connectivity index (χ2n) is 8.31. The first-order valence-electron chi connectivity index (χ1n) is 11.0. The molecule has 36 heavy (non-hydrogen) atoms. The number of carboxylic acid groups (broad SMARTS) is 1. The fraction of sp³-hybridized carbons (Fsp3) is 0.111. The number of nitrogens with one attached hydrogen (secondary N) is 2. The molecule has 182 valence electrons. The second kappa shape index (κ2) is 10.1. The number of benzene rings is 3. The first-order chi connectivity index (χ1) is 17.2. The largest absolute Gasteiger partial charge is 0.478 e. The third-order valence-corrected chi connectivity index (χ3v) is 6.08. The predicted octanol–water partition coefficient (Wildman–Crippen LogP) is 4.37. The van der Waals surface area contributed by atoms with Crippen molar-refractivity contribution in [2.24, 2.45) is 0 Å². The van der Waals surface area contributed by atoms with Gasteiger partial charge in [-0.05, 0) is 61.4 Å². The maximum Gasteiger partial charge on any atom is 0.335 e. The number of hydrogen-bond donors (Lipinski definition) is 3. The average molecular weight is 504 g/mol. The number of halogens is 1. The van der Waals surface area contributed by atoms with Crippen LogP contribution >= 0.6 is 11.6 Å². The SMILES string of the molecule is Cc1ccc(N2C(=O)C(Cl)=C(Nc3cc(C(=O)NCc4ccc(C(=O)O)cc4)ccc3C)C2=O)cc1. The Balaban J connectivity index is 1.49. The summed E-state index contributed by atoms with van der Waals surface area (Å²) in [6.07, 6.45) is 0. The van der Waals surface area contributed by atoms with Gasteiger partial charge in [0.15, 0.2) is 0 Å². The molecule has 9 heteroatoms. The minimum atomic E-state index is -1.02. The van der Waals surface area contributed by atoms with E-state index in [0.29, 0.717) is 16.9 Å². The summed E-state index contributed by atoms with van der Waals surface area (Å²) in [6.45, 7) is 3.89. The summed E-state index contributed by atoms with van der Waals surface area (Å²) < 4.78 is 0. The molecule has 8 nitrogen and oxygen atoms in total. The molecule has 1 aliphatic rings. The van der Waals surface area contributed by atoms with E-state index in [4.69, 9.17) is 16.7 Å². The van der Waals surface area contributed by atoms with Crippen LogP contribution in [0.4, 0.5) is 11.4 Å². The number of carbonyl (C=O) groups excluding carboxylic acids is 3. The van der Waals surface area contributed by atoms with E-state index in [0.717, 1.165) is 21.6 Å². The lowest BCUT2D eigenvalue weighted by Crippen LogP contribution is -2.32. The lowest BCUT2D eigenvalue weighted by molar-refractivity contribution is -0.120. The van der Waals surface area contributed by atoms with Crippen LogP contribution in [-0.4, -0.2) is 28.8 Å². The molecule has 0 spiro atoms. The summed E-state index contributed by atoms with van der Waals surface area (Å²) in [4.78, 5) is 50.5. The van der Waals surface area contributed by atoms with Crippen molar-refractivity contribution in [2.45, 2.75) is 20.4 Å². The van der Waals surface area contributed by atoms with Gasteiger partial charge < -0.3 is 15.7 Å². The standard InChI is InChI=1S/C27H22ClN3O5/c1-15-3-11-20(12-4-15)31-25(33)22(28)23(26(31)34)30-21-13-19(8-5-16(21)2)24(32)29-14-17-6-9-18(10-7-17)27(35)36/h3-13,30H,14H2,1-2H3,(H,29,32)(H,35,36). The van der Waals surface area contributed by atoms with Gasteiger partial charge in [0.2, 0.25) is 0 Å². The van der Waals surface area contributed by atoms with Crippen molar-refractivity contribution in [3.63, 3.8) is 0 Å². The molecular formula is C27H22ClN3O5. The molecule has 0 saturated carbocycles. The zero-order valence-corrected chi connectivity index (χ0v) is 20.2. The Labute approximate surface area is 212 Å². The van der Waals surface area contributed by atoms with E-state index in [1.807, 2.05) is 6.92 Å². The number of carboxylic acids is 1. The highest BCUT2D eigenvalue weighted by Crippen LogP contribution is 2.31. The van der Waals surface area contributed by atoms with E-state index in [2.05, 4.69) is 10.6 Å². The van der Waals surface area contributed by atoms with Gasteiger partial charge >= 0.3 is 5.97 Å². The number of aryl methyl sites for hydroxylation is 2. The lowest BCUT2D eigenvalue weighted by atomic mass is 10.1. The van der Waals surface area contributed by atoms with Crippen molar-refractivity contribution >= 4 is 46.7 Å². The molecule has 3 aromatic carbocycles. The van der Waals surface area contributed by atoms with Gasteiger partial charge in [0.25, 0.3) is 17.7 Å². The highest BCUT2D eigenvalue weighted by molar-refractivity contribution is 6.53. The molecule has 3 aromatic rings. The number of imide groups is 1. The molecule has 1 heterocycles. The van der Waals surface area contributed by atoms with Gasteiger partial charge in [0.05, 0.1) is 11.3 Å². The first-order valence-corrected chi connectivity index (χ1v) is 11.4. The van der Waals surface area contributed by atoms with Crippen molar-refractivity contribution in [2.75, 3.05) is 10.2 Å². The molecular weight excluding hydrogens is 482 g/mol. The third kappa shape index (κ3) is 4.99. The van der Waals surface area contributed by atoms with Gasteiger partial charge in [0, 0.05) is 17.8 Å². The van der Waals surface area contributed by atoms with E-state index in [1.54, 1.807) is 61.5 Å². The van der Waals surface area contributed by atoms with Gasteiger partial charge in [-0.2, -0.15) is 0 Å². The molecule has 0 bridgehead atoms. The zero-order valence-electron chi connectivity index (χ0n) is 19.5. The van der Waals surface area contributed by atoms with E-state index in [1.165, 1.54) is 12.1 Å². The van der Waals surface area contributed by atoms with Gasteiger partial charge in [-0.1, -0.05) is 47.5 Å². The van der Waals surface area contributed by atoms with Crippen LogP contribution in [0.2, 0.25) is 0 Å². The smallest absolute Gasteiger partial charge is 0.335 e. The Morgan fingerprint density at radius 2 is 1.53 bits per heavy atom. The number of rotatable bonds is 7. The Bertz CT molecular complexity index is 1410. The molecule has 0 unspecified atom stereocenters. The summed E-state index contributed by atoms with van der Waals surface area (Å²) in [5, 5.41) is 14.5. The van der Waals surface area contributed by atoms with Gasteiger partial charge in [-0.3, -0.25) is 14.4 Å². The maximum absolute atomic E-state index is 13.1. The van der Waals surface area contributed by atoms with Gasteiger partial charge in [0.1, 0.15) is 10.7 Å². The predicted molar refractivity (Wildman–Crippen MR) is 136 cm³/mol. The second-order valence-corrected chi connectivity index (χ2v) is 8.69. The summed E-state index contributed by atoms with van der Waals surface area (Å²) in [5.41, 5.74) is 3.74. The molecule has 0 aliphatic carbocycles. The van der Waals surface area contributed by atoms with Crippen molar-refractivity contribution in [3.8, 4) is 0 Å². The summed E-state index contributed by atoms with van der Waals surface area (Å²) in [5.74, 6) is -2.61. The number of hydrogen-bond acceptors (Lipinski definition) is 5. The van der Waals surface area contributed by atoms with E-state index >= 15 is 0 Å². The Hall–Kier alpha value is -4.43. The number of nitrogens with zero attached hydrogens (tertiary/aromatic N) is 1. The zero-order chi connectivity index (χ0) is 26.0. The van der Waals surface area contributed by atoms with Crippen molar-refractivity contribution < 1.29 is 24.3 Å². The third-order valence-electron chi connectivity index (χ3n) is 5.73. The highest BCUT2D eigenvalue weighted by Gasteiger charge is 2.39. The van der Waals surface area contributed by atoms with Crippen molar-refractivity contribution in [1.82, 2.24) is 5.32 Å². The van der Waals surface area contributed by atoms with Crippen molar-refractivity contribution in [1.29, 1.82) is 0 Å². The molecule has 0 atom stereocenters. The molecule has 1 aliphatic heterocycles. The molecule has 4 rings (SSSR count). The van der Waals surface area contributed by atoms with Gasteiger partial charge in [-0.15, -0.1) is 0 Å². The summed E-state index contributed by atoms with van der Waals surface area (Å²) >= 11 is 6.24. The molecule has 0 saturated heterocycles. The van der Waals surface area contributed by atoms with Crippen LogP contribution in [0.1, 0.15) is 37.4 Å². The Morgan fingerprint density at radius 1 is 0.889 bits per heavy atom. The normalized spacial score (nSPS) is 13.2. The quantitative estimate of drug-likeness (QED) is 0.412. The molecule has 0 aromatic heterocycles. The van der Waals surface area contributed by atoms with Crippen LogP contribution < -0.4 is 15.5 Å². The number of anilines is 2. The maximum atomic E-state index is 13.1. The highest BCUT2D eigenvalue weighted by atomic mass is 35.5. The van der Waals surface area contributed by atoms with Crippen LogP contribution in [0.25, 0.3) is 0 Å². The van der Waals surface area contributed by atoms with Crippen LogP contribution in [-0.2, 0) is 16.1 Å². The van der Waals surface area contributed by atoms with Crippen LogP contribution in [0.5, 0.6) is 0 Å². The summed E-state index contributed by atoms with van der Waals surface area (Å²) in [6, 6.07) is 18.0. The van der Waals surface area contributed by atoms with E-state index in [9.17, 15) is 19.2 Å². The number of aromatic carboxylic acids is 1. The fourth-order valence-corrected chi connectivity index (χ4v) is 3.83.